The molecule has 0 unspecified atom stereocenters. The number of amides is 1. The summed E-state index contributed by atoms with van der Waals surface area (Å²) >= 11 is 0. The van der Waals surface area contributed by atoms with Crippen LogP contribution in [0.3, 0.4) is 0 Å². The van der Waals surface area contributed by atoms with Crippen LogP contribution >= 0.6 is 0 Å². The summed E-state index contributed by atoms with van der Waals surface area (Å²) in [6, 6.07) is 10.2. The van der Waals surface area contributed by atoms with E-state index in [4.69, 9.17) is 0 Å². The molecule has 4 nitrogen and oxygen atoms in total. The summed E-state index contributed by atoms with van der Waals surface area (Å²) in [5.74, 6) is 0.742. The van der Waals surface area contributed by atoms with Crippen LogP contribution in [0.15, 0.2) is 55.1 Å². The first kappa shape index (κ1) is 15.8. The van der Waals surface area contributed by atoms with E-state index in [9.17, 15) is 4.79 Å². The largest absolute Gasteiger partial charge is 0.347 e. The number of rotatable bonds is 7. The molecule has 0 radical (unpaired) electrons. The lowest BCUT2D eigenvalue weighted by Gasteiger charge is -2.04. The van der Waals surface area contributed by atoms with Gasteiger partial charge in [-0.3, -0.25) is 4.79 Å². The molecule has 0 saturated heterocycles. The Labute approximate surface area is 131 Å². The van der Waals surface area contributed by atoms with Crippen LogP contribution in [0.5, 0.6) is 0 Å². The zero-order chi connectivity index (χ0) is 15.9. The van der Waals surface area contributed by atoms with Gasteiger partial charge in [0.25, 0.3) is 0 Å². The molecular formula is C18H21N3O. The van der Waals surface area contributed by atoms with Crippen molar-refractivity contribution in [2.75, 3.05) is 0 Å². The Hall–Kier alpha value is -2.62. The number of hydrogen-bond donors (Lipinski definition) is 2. The van der Waals surface area contributed by atoms with E-state index in [1.54, 1.807) is 6.92 Å². The molecule has 0 aliphatic rings. The Balaban J connectivity index is 2.12. The van der Waals surface area contributed by atoms with Crippen molar-refractivity contribution >= 4 is 5.91 Å². The smallest absolute Gasteiger partial charge is 0.246 e. The summed E-state index contributed by atoms with van der Waals surface area (Å²) in [6.07, 6.45) is 3.22. The van der Waals surface area contributed by atoms with Gasteiger partial charge in [0.2, 0.25) is 5.91 Å². The van der Waals surface area contributed by atoms with Crippen LogP contribution in [-0.2, 0) is 24.2 Å². The van der Waals surface area contributed by atoms with Gasteiger partial charge in [0, 0.05) is 18.4 Å². The monoisotopic (exact) mass is 295 g/mol. The number of carbonyl (C=O) groups is 1. The van der Waals surface area contributed by atoms with Gasteiger partial charge in [-0.2, -0.15) is 0 Å². The third-order valence-electron chi connectivity index (χ3n) is 3.28. The van der Waals surface area contributed by atoms with Gasteiger partial charge in [0.1, 0.15) is 5.82 Å². The Morgan fingerprint density at radius 2 is 2.09 bits per heavy atom. The minimum atomic E-state index is -0.149. The van der Waals surface area contributed by atoms with E-state index in [-0.39, 0.29) is 5.91 Å². The van der Waals surface area contributed by atoms with Gasteiger partial charge in [-0.15, -0.1) is 6.58 Å². The van der Waals surface area contributed by atoms with Crippen LogP contribution < -0.4 is 5.32 Å². The van der Waals surface area contributed by atoms with E-state index >= 15 is 0 Å². The topological polar surface area (TPSA) is 57.8 Å². The summed E-state index contributed by atoms with van der Waals surface area (Å²) in [6.45, 7) is 9.49. The van der Waals surface area contributed by atoms with Crippen LogP contribution in [0.1, 0.15) is 29.7 Å². The lowest BCUT2D eigenvalue weighted by Crippen LogP contribution is -2.23. The van der Waals surface area contributed by atoms with Crippen LogP contribution in [0.25, 0.3) is 0 Å². The van der Waals surface area contributed by atoms with Crippen molar-refractivity contribution in [1.82, 2.24) is 15.3 Å². The van der Waals surface area contributed by atoms with Crippen LogP contribution in [-0.4, -0.2) is 15.9 Å². The maximum Gasteiger partial charge on any atom is 0.246 e. The molecule has 2 rings (SSSR count). The van der Waals surface area contributed by atoms with Crippen LogP contribution in [0.4, 0.5) is 0 Å². The molecule has 4 heteroatoms. The van der Waals surface area contributed by atoms with Crippen LogP contribution in [0, 0.1) is 0 Å². The Morgan fingerprint density at radius 3 is 2.73 bits per heavy atom. The fourth-order valence-electron chi connectivity index (χ4n) is 2.15. The molecule has 22 heavy (non-hydrogen) atoms. The number of carbonyl (C=O) groups excluding carboxylic acids is 1. The molecule has 1 amide bonds. The van der Waals surface area contributed by atoms with Crippen molar-refractivity contribution < 1.29 is 4.79 Å². The molecule has 0 atom stereocenters. The lowest BCUT2D eigenvalue weighted by atomic mass is 10.1. The van der Waals surface area contributed by atoms with Crippen molar-refractivity contribution in [3.05, 3.63) is 77.9 Å². The van der Waals surface area contributed by atoms with E-state index in [2.05, 4.69) is 40.6 Å². The zero-order valence-electron chi connectivity index (χ0n) is 12.9. The fraction of sp³-hybridized carbons (Fsp3) is 0.222. The van der Waals surface area contributed by atoms with E-state index in [1.165, 1.54) is 5.56 Å². The molecule has 1 aromatic carbocycles. The van der Waals surface area contributed by atoms with Gasteiger partial charge >= 0.3 is 0 Å². The van der Waals surface area contributed by atoms with Gasteiger partial charge in [-0.1, -0.05) is 43.0 Å². The number of aromatic nitrogens is 2. The van der Waals surface area contributed by atoms with E-state index in [0.717, 1.165) is 23.6 Å². The second-order valence-corrected chi connectivity index (χ2v) is 5.23. The Kier molecular flexibility index (Phi) is 5.31. The highest BCUT2D eigenvalue weighted by atomic mass is 16.1. The molecule has 0 bridgehead atoms. The number of nitrogens with one attached hydrogen (secondary N) is 2. The van der Waals surface area contributed by atoms with E-state index < -0.39 is 0 Å². The first-order valence-corrected chi connectivity index (χ1v) is 7.25. The molecule has 0 spiro atoms. The molecule has 2 aromatic rings. The number of nitrogens with zero attached hydrogens (tertiary/aromatic N) is 1. The summed E-state index contributed by atoms with van der Waals surface area (Å²) in [5.41, 5.74) is 3.52. The first-order valence-electron chi connectivity index (χ1n) is 7.25. The lowest BCUT2D eigenvalue weighted by molar-refractivity contribution is -0.117. The molecule has 1 aromatic heterocycles. The van der Waals surface area contributed by atoms with Gasteiger partial charge in [-0.25, -0.2) is 4.98 Å². The maximum absolute atomic E-state index is 11.6. The maximum atomic E-state index is 11.6. The fourth-order valence-corrected chi connectivity index (χ4v) is 2.15. The minimum absolute atomic E-state index is 0.149. The molecule has 0 aliphatic carbocycles. The Morgan fingerprint density at radius 1 is 1.36 bits per heavy atom. The number of aromatic amines is 1. The third-order valence-corrected chi connectivity index (χ3v) is 3.28. The van der Waals surface area contributed by atoms with Crippen molar-refractivity contribution in [3.63, 3.8) is 0 Å². The average molecular weight is 295 g/mol. The summed E-state index contributed by atoms with van der Waals surface area (Å²) in [7, 11) is 0. The molecule has 0 fully saturated rings. The molecule has 1 heterocycles. The highest BCUT2D eigenvalue weighted by Gasteiger charge is 2.11. The molecular weight excluding hydrogens is 274 g/mol. The Bertz CT molecular complexity index is 671. The third kappa shape index (κ3) is 4.19. The highest BCUT2D eigenvalue weighted by Crippen LogP contribution is 2.12. The van der Waals surface area contributed by atoms with Crippen molar-refractivity contribution in [2.24, 2.45) is 0 Å². The van der Waals surface area contributed by atoms with Crippen LogP contribution in [0.2, 0.25) is 0 Å². The van der Waals surface area contributed by atoms with Crippen molar-refractivity contribution in [2.45, 2.75) is 26.3 Å². The van der Waals surface area contributed by atoms with Crippen molar-refractivity contribution in [3.8, 4) is 0 Å². The zero-order valence-corrected chi connectivity index (χ0v) is 12.9. The normalized spacial score (nSPS) is 10.2. The average Bonchev–Trinajstić information content (AvgIpc) is 2.88. The molecule has 114 valence electrons. The predicted molar refractivity (Wildman–Crippen MR) is 88.4 cm³/mol. The number of allylic oxidation sites excluding steroid dienone is 1. The standard InChI is InChI=1S/C18H21N3O/c1-4-8-15-16(12-19-18(22)13(2)3)21-17(20-15)11-14-9-6-5-7-10-14/h4-7,9-10H,1-2,8,11-12H2,3H3,(H,19,22)(H,20,21). The van der Waals surface area contributed by atoms with Gasteiger partial charge in [0.05, 0.1) is 17.9 Å². The summed E-state index contributed by atoms with van der Waals surface area (Å²) in [4.78, 5) is 19.5. The SMILES string of the molecule is C=CCc1nc(Cc2ccccc2)[nH]c1CNC(=O)C(=C)C. The predicted octanol–water partition coefficient (Wildman–Crippen LogP) is 2.92. The van der Waals surface area contributed by atoms with E-state index in [1.807, 2.05) is 24.3 Å². The quantitative estimate of drug-likeness (QED) is 0.609. The van der Waals surface area contributed by atoms with Gasteiger partial charge in [0.15, 0.2) is 0 Å². The summed E-state index contributed by atoms with van der Waals surface area (Å²) < 4.78 is 0. The number of imidazole rings is 1. The number of H-pyrrole nitrogens is 1. The van der Waals surface area contributed by atoms with Crippen molar-refractivity contribution in [1.29, 1.82) is 0 Å². The second kappa shape index (κ2) is 7.41. The number of hydrogen-bond acceptors (Lipinski definition) is 2. The van der Waals surface area contributed by atoms with Gasteiger partial charge in [-0.05, 0) is 12.5 Å². The van der Waals surface area contributed by atoms with Gasteiger partial charge < -0.3 is 10.3 Å². The minimum Gasteiger partial charge on any atom is -0.347 e. The summed E-state index contributed by atoms with van der Waals surface area (Å²) in [5, 5.41) is 2.83. The second-order valence-electron chi connectivity index (χ2n) is 5.23. The van der Waals surface area contributed by atoms with E-state index in [0.29, 0.717) is 18.5 Å². The molecule has 2 N–H and O–H groups in total. The highest BCUT2D eigenvalue weighted by molar-refractivity contribution is 5.91. The molecule has 0 saturated carbocycles. The molecule has 0 aliphatic heterocycles. The first-order chi connectivity index (χ1) is 10.6. The number of benzene rings is 1.